The molecule has 4 aromatic rings. The highest BCUT2D eigenvalue weighted by Gasteiger charge is 2.22. The smallest absolute Gasteiger partial charge is 0.332 e. The number of aliphatic hydroxyl groups excluding tert-OH is 1. The third-order valence-electron chi connectivity index (χ3n) is 5.58. The zero-order chi connectivity index (χ0) is 22.3. The largest absolute Gasteiger partial charge is 0.394 e. The van der Waals surface area contributed by atoms with Crippen molar-refractivity contribution in [3.63, 3.8) is 0 Å². The second kappa shape index (κ2) is 8.45. The Labute approximate surface area is 186 Å². The molecule has 10 heteroatoms. The number of fused-ring (bicyclic) bond motifs is 3. The Morgan fingerprint density at radius 2 is 1.77 bits per heavy atom. The molecule has 3 heterocycles. The van der Waals surface area contributed by atoms with Crippen molar-refractivity contribution in [2.75, 3.05) is 19.8 Å². The van der Waals surface area contributed by atoms with Gasteiger partial charge >= 0.3 is 5.69 Å². The molecular formula is C21H24BrN5O4. The van der Waals surface area contributed by atoms with Crippen LogP contribution in [0.15, 0.2) is 38.3 Å². The minimum absolute atomic E-state index is 0.0353. The first-order valence-corrected chi connectivity index (χ1v) is 10.7. The Kier molecular flexibility index (Phi) is 5.87. The van der Waals surface area contributed by atoms with E-state index >= 15 is 0 Å². The Morgan fingerprint density at radius 1 is 1.06 bits per heavy atom. The summed E-state index contributed by atoms with van der Waals surface area (Å²) in [6, 6.07) is 7.52. The van der Waals surface area contributed by atoms with Crippen LogP contribution >= 0.6 is 15.9 Å². The number of ether oxygens (including phenoxy) is 1. The number of hydrogen-bond acceptors (Lipinski definition) is 5. The predicted molar refractivity (Wildman–Crippen MR) is 121 cm³/mol. The van der Waals surface area contributed by atoms with Gasteiger partial charge < -0.3 is 14.4 Å². The first-order chi connectivity index (χ1) is 14.8. The van der Waals surface area contributed by atoms with E-state index < -0.39 is 5.69 Å². The summed E-state index contributed by atoms with van der Waals surface area (Å²) in [6.07, 6.45) is 0. The standard InChI is InChI=1S/C21H24BrN5O4/c1-13-14(2)27-17-18(23-20(27)25(13)8-10-31-11-9-28)24(3)21(30)26(19(17)29)12-15-4-6-16(22)7-5-15/h4-7,28H,8-12H2,1-3H3. The van der Waals surface area contributed by atoms with Crippen molar-refractivity contribution in [3.05, 3.63) is 66.5 Å². The third-order valence-corrected chi connectivity index (χ3v) is 6.11. The van der Waals surface area contributed by atoms with Crippen molar-refractivity contribution in [1.82, 2.24) is 23.1 Å². The van der Waals surface area contributed by atoms with Crippen LogP contribution in [0.5, 0.6) is 0 Å². The van der Waals surface area contributed by atoms with E-state index in [0.717, 1.165) is 21.4 Å². The molecule has 0 spiro atoms. The summed E-state index contributed by atoms with van der Waals surface area (Å²) in [5.41, 5.74) is 2.65. The van der Waals surface area contributed by atoms with E-state index in [2.05, 4.69) is 20.9 Å². The minimum atomic E-state index is -0.409. The summed E-state index contributed by atoms with van der Waals surface area (Å²) in [4.78, 5) is 31.0. The number of nitrogens with zero attached hydrogens (tertiary/aromatic N) is 5. The Hall–Kier alpha value is -2.69. The summed E-state index contributed by atoms with van der Waals surface area (Å²) in [7, 11) is 1.63. The fourth-order valence-corrected chi connectivity index (χ4v) is 4.08. The molecule has 0 amide bonds. The summed E-state index contributed by atoms with van der Waals surface area (Å²) >= 11 is 3.40. The van der Waals surface area contributed by atoms with Gasteiger partial charge in [-0.1, -0.05) is 28.1 Å². The molecule has 1 aromatic carbocycles. The van der Waals surface area contributed by atoms with Crippen LogP contribution in [0.3, 0.4) is 0 Å². The van der Waals surface area contributed by atoms with E-state index in [9.17, 15) is 9.59 Å². The van der Waals surface area contributed by atoms with Crippen LogP contribution in [0.1, 0.15) is 17.0 Å². The third kappa shape index (κ3) is 3.64. The van der Waals surface area contributed by atoms with E-state index in [4.69, 9.17) is 9.84 Å². The lowest BCUT2D eigenvalue weighted by molar-refractivity contribution is 0.0872. The number of benzene rings is 1. The summed E-state index contributed by atoms with van der Waals surface area (Å²) < 4.78 is 12.8. The number of aryl methyl sites for hydroxylation is 2. The normalized spacial score (nSPS) is 11.8. The van der Waals surface area contributed by atoms with Crippen LogP contribution in [0.4, 0.5) is 0 Å². The molecule has 0 atom stereocenters. The van der Waals surface area contributed by atoms with Crippen molar-refractivity contribution >= 4 is 32.9 Å². The van der Waals surface area contributed by atoms with Gasteiger partial charge in [0.15, 0.2) is 11.2 Å². The molecule has 0 aliphatic rings. The maximum atomic E-state index is 13.4. The van der Waals surface area contributed by atoms with Crippen molar-refractivity contribution in [3.8, 4) is 0 Å². The van der Waals surface area contributed by atoms with Crippen LogP contribution < -0.4 is 11.2 Å². The molecule has 1 N–H and O–H groups in total. The van der Waals surface area contributed by atoms with Gasteiger partial charge in [0.2, 0.25) is 5.78 Å². The molecule has 0 saturated heterocycles. The summed E-state index contributed by atoms with van der Waals surface area (Å²) in [5, 5.41) is 8.90. The second-order valence-corrected chi connectivity index (χ2v) is 8.35. The molecule has 0 aliphatic heterocycles. The van der Waals surface area contributed by atoms with E-state index in [0.29, 0.717) is 30.1 Å². The lowest BCUT2D eigenvalue weighted by atomic mass is 10.2. The predicted octanol–water partition coefficient (Wildman–Crippen LogP) is 1.59. The molecule has 3 aromatic heterocycles. The van der Waals surface area contributed by atoms with Crippen molar-refractivity contribution in [1.29, 1.82) is 0 Å². The van der Waals surface area contributed by atoms with Gasteiger partial charge in [-0.15, -0.1) is 0 Å². The highest BCUT2D eigenvalue weighted by atomic mass is 79.9. The molecule has 0 saturated carbocycles. The maximum Gasteiger partial charge on any atom is 0.332 e. The number of halogens is 1. The SMILES string of the molecule is Cc1c(C)n2c3c(=O)n(Cc4ccc(Br)cc4)c(=O)n(C)c3nc2n1CCOCCO. The molecule has 0 radical (unpaired) electrons. The summed E-state index contributed by atoms with van der Waals surface area (Å²) in [5.74, 6) is 0.589. The molecular weight excluding hydrogens is 466 g/mol. The topological polar surface area (TPSA) is 95.7 Å². The number of hydrogen-bond donors (Lipinski definition) is 1. The first-order valence-electron chi connectivity index (χ1n) is 9.96. The van der Waals surface area contributed by atoms with Crippen molar-refractivity contribution < 1.29 is 9.84 Å². The molecule has 4 rings (SSSR count). The Morgan fingerprint density at radius 3 is 2.45 bits per heavy atom. The van der Waals surface area contributed by atoms with Gasteiger partial charge in [0.25, 0.3) is 5.56 Å². The van der Waals surface area contributed by atoms with E-state index in [-0.39, 0.29) is 25.3 Å². The second-order valence-electron chi connectivity index (χ2n) is 7.44. The fraction of sp³-hybridized carbons (Fsp3) is 0.381. The van der Waals surface area contributed by atoms with Gasteiger partial charge in [0, 0.05) is 29.5 Å². The Bertz CT molecular complexity index is 1380. The van der Waals surface area contributed by atoms with Crippen molar-refractivity contribution in [2.24, 2.45) is 7.05 Å². The highest BCUT2D eigenvalue weighted by molar-refractivity contribution is 9.10. The number of rotatable bonds is 7. The molecule has 0 fully saturated rings. The monoisotopic (exact) mass is 489 g/mol. The van der Waals surface area contributed by atoms with Gasteiger partial charge in [-0.2, -0.15) is 4.98 Å². The lowest BCUT2D eigenvalue weighted by Gasteiger charge is -2.09. The van der Waals surface area contributed by atoms with Gasteiger partial charge in [-0.25, -0.2) is 4.79 Å². The Balaban J connectivity index is 1.89. The van der Waals surface area contributed by atoms with E-state index in [1.54, 1.807) is 7.05 Å². The fourth-order valence-electron chi connectivity index (χ4n) is 3.82. The molecule has 164 valence electrons. The first kappa shape index (κ1) is 21.5. The highest BCUT2D eigenvalue weighted by Crippen LogP contribution is 2.20. The van der Waals surface area contributed by atoms with Gasteiger partial charge in [0.05, 0.1) is 26.4 Å². The van der Waals surface area contributed by atoms with Crippen LogP contribution in [-0.4, -0.2) is 48.0 Å². The summed E-state index contributed by atoms with van der Waals surface area (Å²) in [6.45, 7) is 5.22. The lowest BCUT2D eigenvalue weighted by Crippen LogP contribution is -2.39. The van der Waals surface area contributed by atoms with E-state index in [1.165, 1.54) is 9.13 Å². The van der Waals surface area contributed by atoms with Gasteiger partial charge in [0.1, 0.15) is 0 Å². The molecule has 0 aliphatic carbocycles. The van der Waals surface area contributed by atoms with Crippen molar-refractivity contribution in [2.45, 2.75) is 26.9 Å². The molecule has 0 bridgehead atoms. The van der Waals surface area contributed by atoms with E-state index in [1.807, 2.05) is 47.1 Å². The molecule has 31 heavy (non-hydrogen) atoms. The number of aromatic nitrogens is 5. The molecule has 0 unspecified atom stereocenters. The quantitative estimate of drug-likeness (QED) is 0.397. The average molecular weight is 490 g/mol. The number of aliphatic hydroxyl groups is 1. The average Bonchev–Trinajstić information content (AvgIpc) is 3.25. The van der Waals surface area contributed by atoms with Crippen LogP contribution in [0.2, 0.25) is 0 Å². The van der Waals surface area contributed by atoms with Gasteiger partial charge in [-0.3, -0.25) is 18.3 Å². The zero-order valence-corrected chi connectivity index (χ0v) is 19.2. The van der Waals surface area contributed by atoms with Gasteiger partial charge in [-0.05, 0) is 31.5 Å². The maximum absolute atomic E-state index is 13.4. The van der Waals surface area contributed by atoms with Crippen LogP contribution in [-0.2, 0) is 24.9 Å². The number of imidazole rings is 2. The van der Waals surface area contributed by atoms with Crippen LogP contribution in [0, 0.1) is 13.8 Å². The molecule has 9 nitrogen and oxygen atoms in total. The zero-order valence-electron chi connectivity index (χ0n) is 17.6. The minimum Gasteiger partial charge on any atom is -0.394 e. The van der Waals surface area contributed by atoms with Crippen LogP contribution in [0.25, 0.3) is 16.9 Å².